The number of esters is 1. The summed E-state index contributed by atoms with van der Waals surface area (Å²) in [6.45, 7) is 0.0955. The maximum absolute atomic E-state index is 12.5. The minimum atomic E-state index is -0.753. The van der Waals surface area contributed by atoms with Gasteiger partial charge in [0.05, 0.1) is 30.6 Å². The smallest absolute Gasteiger partial charge is 0.306 e. The van der Waals surface area contributed by atoms with E-state index in [-0.39, 0.29) is 41.5 Å². The summed E-state index contributed by atoms with van der Waals surface area (Å²) in [6.07, 6.45) is 4.65. The molecule has 35 heavy (non-hydrogen) atoms. The van der Waals surface area contributed by atoms with Crippen molar-refractivity contribution in [2.75, 3.05) is 25.1 Å². The predicted molar refractivity (Wildman–Crippen MR) is 125 cm³/mol. The third-order valence-corrected chi connectivity index (χ3v) is 5.93. The summed E-state index contributed by atoms with van der Waals surface area (Å²) < 4.78 is 15.9. The number of nitro benzene ring substituents is 1. The number of nitro groups is 1. The van der Waals surface area contributed by atoms with Gasteiger partial charge in [0.1, 0.15) is 5.69 Å². The number of nitrogens with one attached hydrogen (secondary N) is 1. The predicted octanol–water partition coefficient (Wildman–Crippen LogP) is 3.78. The Morgan fingerprint density at radius 3 is 2.40 bits per heavy atom. The number of aryl methyl sites for hydroxylation is 2. The van der Waals surface area contributed by atoms with Crippen LogP contribution in [0.25, 0.3) is 0 Å². The average Bonchev–Trinajstić information content (AvgIpc) is 3.10. The van der Waals surface area contributed by atoms with E-state index in [4.69, 9.17) is 14.2 Å². The SMILES string of the molecule is O=C(COC(=O)CCC(=O)c1ccc2c(c1)CCCC2)Nc1cc2c(cc1[N+](=O)[O-])OCCCO2. The van der Waals surface area contributed by atoms with E-state index in [1.807, 2.05) is 12.1 Å². The largest absolute Gasteiger partial charge is 0.489 e. The van der Waals surface area contributed by atoms with Crippen molar-refractivity contribution >= 4 is 29.0 Å². The maximum Gasteiger partial charge on any atom is 0.306 e. The van der Waals surface area contributed by atoms with Crippen LogP contribution in [0.15, 0.2) is 30.3 Å². The van der Waals surface area contributed by atoms with Crippen molar-refractivity contribution in [3.05, 3.63) is 57.1 Å². The number of nitrogens with zero attached hydrogens (tertiary/aromatic N) is 1. The fourth-order valence-corrected chi connectivity index (χ4v) is 4.12. The van der Waals surface area contributed by atoms with Crippen LogP contribution in [0, 0.1) is 10.1 Å². The van der Waals surface area contributed by atoms with E-state index < -0.39 is 23.4 Å². The Morgan fingerprint density at radius 1 is 0.943 bits per heavy atom. The molecular formula is C25H26N2O8. The third kappa shape index (κ3) is 6.14. The fraction of sp³-hybridized carbons (Fsp3) is 0.400. The molecule has 0 aromatic heterocycles. The lowest BCUT2D eigenvalue weighted by atomic mass is 9.89. The Morgan fingerprint density at radius 2 is 1.66 bits per heavy atom. The van der Waals surface area contributed by atoms with Crippen LogP contribution in [0.3, 0.4) is 0 Å². The van der Waals surface area contributed by atoms with Crippen molar-refractivity contribution in [3.63, 3.8) is 0 Å². The first-order chi connectivity index (χ1) is 16.9. The number of benzene rings is 2. The highest BCUT2D eigenvalue weighted by atomic mass is 16.6. The van der Waals surface area contributed by atoms with Gasteiger partial charge in [0, 0.05) is 24.5 Å². The van der Waals surface area contributed by atoms with Crippen LogP contribution in [-0.4, -0.2) is 42.4 Å². The van der Waals surface area contributed by atoms with Crippen molar-refractivity contribution in [3.8, 4) is 11.5 Å². The molecule has 1 heterocycles. The molecule has 1 aliphatic carbocycles. The molecule has 1 amide bonds. The Hall–Kier alpha value is -3.95. The molecule has 2 aromatic carbocycles. The van der Waals surface area contributed by atoms with E-state index in [1.54, 1.807) is 6.07 Å². The zero-order valence-electron chi connectivity index (χ0n) is 19.2. The van der Waals surface area contributed by atoms with Gasteiger partial charge in [0.15, 0.2) is 23.9 Å². The summed E-state index contributed by atoms with van der Waals surface area (Å²) >= 11 is 0. The highest BCUT2D eigenvalue weighted by molar-refractivity contribution is 5.98. The summed E-state index contributed by atoms with van der Waals surface area (Å²) in [5.74, 6) is -1.12. The monoisotopic (exact) mass is 482 g/mol. The van der Waals surface area contributed by atoms with E-state index in [1.165, 1.54) is 23.3 Å². The van der Waals surface area contributed by atoms with E-state index in [9.17, 15) is 24.5 Å². The first kappa shape index (κ1) is 24.2. The Bertz CT molecular complexity index is 1160. The van der Waals surface area contributed by atoms with Gasteiger partial charge in [-0.1, -0.05) is 12.1 Å². The molecule has 1 aliphatic heterocycles. The second kappa shape index (κ2) is 11.0. The number of hydrogen-bond acceptors (Lipinski definition) is 8. The molecule has 4 rings (SSSR count). The van der Waals surface area contributed by atoms with Crippen molar-refractivity contribution in [2.45, 2.75) is 44.9 Å². The van der Waals surface area contributed by atoms with Gasteiger partial charge >= 0.3 is 5.97 Å². The number of Topliss-reactive ketones (excluding diaryl/α,β-unsaturated/α-hetero) is 1. The summed E-state index contributed by atoms with van der Waals surface area (Å²) in [6, 6.07) is 8.17. The highest BCUT2D eigenvalue weighted by Gasteiger charge is 2.23. The summed E-state index contributed by atoms with van der Waals surface area (Å²) in [5.41, 5.74) is 2.56. The molecule has 0 spiro atoms. The van der Waals surface area contributed by atoms with Gasteiger partial charge in [0.25, 0.3) is 11.6 Å². The second-order valence-electron chi connectivity index (χ2n) is 8.45. The number of ether oxygens (including phenoxy) is 3. The van der Waals surface area contributed by atoms with E-state index >= 15 is 0 Å². The highest BCUT2D eigenvalue weighted by Crippen LogP contribution is 2.39. The lowest BCUT2D eigenvalue weighted by molar-refractivity contribution is -0.384. The van der Waals surface area contributed by atoms with Gasteiger partial charge in [-0.15, -0.1) is 0 Å². The zero-order valence-corrected chi connectivity index (χ0v) is 19.2. The molecule has 2 aliphatic rings. The molecule has 184 valence electrons. The zero-order chi connectivity index (χ0) is 24.8. The summed E-state index contributed by atoms with van der Waals surface area (Å²) in [4.78, 5) is 47.6. The Labute approximate surface area is 201 Å². The number of amides is 1. The van der Waals surface area contributed by atoms with E-state index in [2.05, 4.69) is 5.32 Å². The molecule has 0 fully saturated rings. The molecule has 0 saturated heterocycles. The average molecular weight is 482 g/mol. The lowest BCUT2D eigenvalue weighted by Gasteiger charge is -2.16. The summed E-state index contributed by atoms with van der Waals surface area (Å²) in [7, 11) is 0. The second-order valence-corrected chi connectivity index (χ2v) is 8.45. The molecule has 2 aromatic rings. The van der Waals surface area contributed by atoms with Crippen LogP contribution in [0.4, 0.5) is 11.4 Å². The van der Waals surface area contributed by atoms with Crippen LogP contribution in [0.2, 0.25) is 0 Å². The number of anilines is 1. The molecule has 10 nitrogen and oxygen atoms in total. The van der Waals surface area contributed by atoms with Gasteiger partial charge in [-0.2, -0.15) is 0 Å². The van der Waals surface area contributed by atoms with Gasteiger partial charge < -0.3 is 19.5 Å². The number of carbonyl (C=O) groups excluding carboxylic acids is 3. The van der Waals surface area contributed by atoms with Gasteiger partial charge in [0.2, 0.25) is 0 Å². The number of hydrogen-bond donors (Lipinski definition) is 1. The lowest BCUT2D eigenvalue weighted by Crippen LogP contribution is -2.21. The van der Waals surface area contributed by atoms with Gasteiger partial charge in [-0.05, 0) is 42.9 Å². The molecule has 0 atom stereocenters. The minimum absolute atomic E-state index is 0.0348. The topological polar surface area (TPSA) is 134 Å². The standard InChI is InChI=1S/C25H26N2O8/c28-21(18-7-6-16-4-1-2-5-17(16)12-18)8-9-25(30)35-15-24(29)26-19-13-22-23(14-20(19)27(31)32)34-11-3-10-33-22/h6-7,12-14H,1-5,8-11,15H2,(H,26,29). The first-order valence-electron chi connectivity index (χ1n) is 11.6. The third-order valence-electron chi connectivity index (χ3n) is 5.93. The number of ketones is 1. The quantitative estimate of drug-likeness (QED) is 0.260. The molecule has 1 N–H and O–H groups in total. The van der Waals surface area contributed by atoms with Crippen molar-refractivity contribution in [1.29, 1.82) is 0 Å². The minimum Gasteiger partial charge on any atom is -0.489 e. The van der Waals surface area contributed by atoms with Gasteiger partial charge in [-0.3, -0.25) is 24.5 Å². The van der Waals surface area contributed by atoms with E-state index in [0.29, 0.717) is 25.2 Å². The number of carbonyl (C=O) groups is 3. The first-order valence-corrected chi connectivity index (χ1v) is 11.6. The van der Waals surface area contributed by atoms with Crippen LogP contribution in [-0.2, 0) is 27.2 Å². The van der Waals surface area contributed by atoms with Gasteiger partial charge in [-0.25, -0.2) is 0 Å². The fourth-order valence-electron chi connectivity index (χ4n) is 4.12. The summed E-state index contributed by atoms with van der Waals surface area (Å²) in [5, 5.41) is 13.8. The van der Waals surface area contributed by atoms with Crippen molar-refractivity contribution in [1.82, 2.24) is 0 Å². The van der Waals surface area contributed by atoms with Crippen LogP contribution in [0.1, 0.15) is 53.6 Å². The number of fused-ring (bicyclic) bond motifs is 2. The van der Waals surface area contributed by atoms with Crippen LogP contribution < -0.4 is 14.8 Å². The molecule has 0 saturated carbocycles. The number of rotatable bonds is 8. The molecule has 0 unspecified atom stereocenters. The molecule has 10 heteroatoms. The maximum atomic E-state index is 12.5. The van der Waals surface area contributed by atoms with Crippen molar-refractivity contribution in [2.24, 2.45) is 0 Å². The molecule has 0 radical (unpaired) electrons. The Kier molecular flexibility index (Phi) is 7.59. The normalized spacial score (nSPS) is 14.3. The Balaban J connectivity index is 1.29. The molecule has 0 bridgehead atoms. The van der Waals surface area contributed by atoms with Crippen LogP contribution >= 0.6 is 0 Å². The molecular weight excluding hydrogens is 456 g/mol. The van der Waals surface area contributed by atoms with Crippen LogP contribution in [0.5, 0.6) is 11.5 Å². The van der Waals surface area contributed by atoms with Crippen molar-refractivity contribution < 1.29 is 33.5 Å². The van der Waals surface area contributed by atoms with E-state index in [0.717, 1.165) is 25.7 Å².